The number of rotatable bonds is 3. The quantitative estimate of drug-likeness (QED) is 0.870. The first-order valence-corrected chi connectivity index (χ1v) is 9.13. The van der Waals surface area contributed by atoms with E-state index in [1.165, 1.54) is 5.56 Å². The Hall–Kier alpha value is -1.85. The van der Waals surface area contributed by atoms with Crippen LogP contribution in [0.4, 0.5) is 13.2 Å². The summed E-state index contributed by atoms with van der Waals surface area (Å²) in [5.41, 5.74) is -0.783. The SMILES string of the molecule is OC1(c2c(F)cc(F)cc2F)CC2CCCC(C1)N2Cc1ccccc1. The van der Waals surface area contributed by atoms with Crippen molar-refractivity contribution in [2.24, 2.45) is 0 Å². The Balaban J connectivity index is 1.63. The summed E-state index contributed by atoms with van der Waals surface area (Å²) in [7, 11) is 0. The van der Waals surface area contributed by atoms with Crippen LogP contribution in [0.2, 0.25) is 0 Å². The van der Waals surface area contributed by atoms with Crippen LogP contribution in [-0.4, -0.2) is 22.1 Å². The van der Waals surface area contributed by atoms with Gasteiger partial charge in [-0.2, -0.15) is 0 Å². The van der Waals surface area contributed by atoms with E-state index in [-0.39, 0.29) is 30.5 Å². The summed E-state index contributed by atoms with van der Waals surface area (Å²) in [4.78, 5) is 2.35. The molecule has 138 valence electrons. The van der Waals surface area contributed by atoms with E-state index in [9.17, 15) is 18.3 Å². The van der Waals surface area contributed by atoms with Crippen LogP contribution in [0.5, 0.6) is 0 Å². The standard InChI is InChI=1S/C21H22F3NO/c22-15-9-18(23)20(19(24)10-15)21(26)11-16-7-4-8-17(12-21)25(16)13-14-5-2-1-3-6-14/h1-3,5-6,9-10,16-17,26H,4,7-8,11-13H2. The average Bonchev–Trinajstić information content (AvgIpc) is 2.56. The molecule has 2 heterocycles. The van der Waals surface area contributed by atoms with E-state index in [2.05, 4.69) is 17.0 Å². The van der Waals surface area contributed by atoms with Crippen molar-refractivity contribution in [2.45, 2.75) is 56.3 Å². The van der Waals surface area contributed by atoms with Crippen molar-refractivity contribution in [1.82, 2.24) is 4.90 Å². The third kappa shape index (κ3) is 3.14. The van der Waals surface area contributed by atoms with E-state index < -0.39 is 23.1 Å². The van der Waals surface area contributed by atoms with Gasteiger partial charge in [0.2, 0.25) is 0 Å². The van der Waals surface area contributed by atoms with E-state index in [4.69, 9.17) is 0 Å². The molecule has 5 heteroatoms. The fraction of sp³-hybridized carbons (Fsp3) is 0.429. The second kappa shape index (κ2) is 6.71. The molecule has 2 aliphatic heterocycles. The monoisotopic (exact) mass is 361 g/mol. The summed E-state index contributed by atoms with van der Waals surface area (Å²) in [6.45, 7) is 0.765. The number of nitrogens with zero attached hydrogens (tertiary/aromatic N) is 1. The van der Waals surface area contributed by atoms with Gasteiger partial charge < -0.3 is 5.11 Å². The summed E-state index contributed by atoms with van der Waals surface area (Å²) in [6.07, 6.45) is 3.34. The second-order valence-corrected chi connectivity index (χ2v) is 7.58. The van der Waals surface area contributed by atoms with Gasteiger partial charge in [0, 0.05) is 30.8 Å². The largest absolute Gasteiger partial charge is 0.385 e. The zero-order chi connectivity index (χ0) is 18.3. The predicted octanol–water partition coefficient (Wildman–Crippen LogP) is 4.51. The van der Waals surface area contributed by atoms with Crippen LogP contribution in [-0.2, 0) is 12.1 Å². The molecule has 0 aliphatic carbocycles. The predicted molar refractivity (Wildman–Crippen MR) is 92.9 cm³/mol. The van der Waals surface area contributed by atoms with E-state index in [1.54, 1.807) is 0 Å². The lowest BCUT2D eigenvalue weighted by atomic mass is 9.72. The highest BCUT2D eigenvalue weighted by molar-refractivity contribution is 5.29. The van der Waals surface area contributed by atoms with Crippen LogP contribution < -0.4 is 0 Å². The number of halogens is 3. The zero-order valence-electron chi connectivity index (χ0n) is 14.5. The maximum Gasteiger partial charge on any atom is 0.135 e. The van der Waals surface area contributed by atoms with Crippen molar-refractivity contribution in [2.75, 3.05) is 0 Å². The normalized spacial score (nSPS) is 28.9. The molecule has 4 rings (SSSR count). The first-order valence-electron chi connectivity index (χ1n) is 9.13. The smallest absolute Gasteiger partial charge is 0.135 e. The Bertz CT molecular complexity index is 758. The number of benzene rings is 2. The number of piperidine rings is 2. The molecule has 2 unspecified atom stereocenters. The van der Waals surface area contributed by atoms with Gasteiger partial charge in [-0.05, 0) is 31.2 Å². The summed E-state index contributed by atoms with van der Waals surface area (Å²) in [5.74, 6) is -2.96. The van der Waals surface area contributed by atoms with Crippen LogP contribution in [0.1, 0.15) is 43.2 Å². The molecule has 2 aromatic rings. The van der Waals surface area contributed by atoms with E-state index >= 15 is 0 Å². The number of fused-ring (bicyclic) bond motifs is 2. The number of aliphatic hydroxyl groups is 1. The van der Waals surface area contributed by atoms with E-state index in [0.29, 0.717) is 12.1 Å². The first-order chi connectivity index (χ1) is 12.5. The molecular formula is C21H22F3NO. The molecule has 2 aromatic carbocycles. The molecule has 2 atom stereocenters. The topological polar surface area (TPSA) is 23.5 Å². The van der Waals surface area contributed by atoms with Crippen molar-refractivity contribution in [3.8, 4) is 0 Å². The van der Waals surface area contributed by atoms with Gasteiger partial charge in [0.05, 0.1) is 11.2 Å². The molecule has 0 amide bonds. The Morgan fingerprint density at radius 1 is 0.962 bits per heavy atom. The molecule has 0 aromatic heterocycles. The van der Waals surface area contributed by atoms with Gasteiger partial charge in [0.15, 0.2) is 0 Å². The summed E-state index contributed by atoms with van der Waals surface area (Å²) >= 11 is 0. The van der Waals surface area contributed by atoms with Gasteiger partial charge in [0.25, 0.3) is 0 Å². The van der Waals surface area contributed by atoms with Crippen LogP contribution in [0.3, 0.4) is 0 Å². The molecule has 0 radical (unpaired) electrons. The molecule has 2 aliphatic rings. The van der Waals surface area contributed by atoms with Gasteiger partial charge in [-0.15, -0.1) is 0 Å². The number of hydrogen-bond acceptors (Lipinski definition) is 2. The van der Waals surface area contributed by atoms with Gasteiger partial charge in [-0.1, -0.05) is 36.8 Å². The van der Waals surface area contributed by atoms with Gasteiger partial charge in [0.1, 0.15) is 17.5 Å². The third-order valence-electron chi connectivity index (χ3n) is 5.84. The minimum atomic E-state index is -1.59. The minimum Gasteiger partial charge on any atom is -0.385 e. The lowest BCUT2D eigenvalue weighted by Crippen LogP contribution is -2.56. The maximum absolute atomic E-state index is 14.3. The van der Waals surface area contributed by atoms with Crippen molar-refractivity contribution in [3.63, 3.8) is 0 Å². The molecule has 2 saturated heterocycles. The minimum absolute atomic E-state index is 0.0524. The Labute approximate surface area is 151 Å². The van der Waals surface area contributed by atoms with Crippen molar-refractivity contribution in [3.05, 3.63) is 71.0 Å². The van der Waals surface area contributed by atoms with Crippen LogP contribution in [0, 0.1) is 17.5 Å². The fourth-order valence-corrected chi connectivity index (χ4v) is 4.76. The van der Waals surface area contributed by atoms with Crippen LogP contribution >= 0.6 is 0 Å². The summed E-state index contributed by atoms with van der Waals surface area (Å²) < 4.78 is 41.9. The Kier molecular flexibility index (Phi) is 4.53. The van der Waals surface area contributed by atoms with Crippen molar-refractivity contribution in [1.29, 1.82) is 0 Å². The lowest BCUT2D eigenvalue weighted by Gasteiger charge is -2.52. The molecule has 0 spiro atoms. The Morgan fingerprint density at radius 3 is 2.12 bits per heavy atom. The third-order valence-corrected chi connectivity index (χ3v) is 5.84. The zero-order valence-corrected chi connectivity index (χ0v) is 14.5. The molecule has 2 bridgehead atoms. The van der Waals surface area contributed by atoms with Crippen LogP contribution in [0.15, 0.2) is 42.5 Å². The molecule has 0 saturated carbocycles. The second-order valence-electron chi connectivity index (χ2n) is 7.58. The maximum atomic E-state index is 14.3. The summed E-state index contributed by atoms with van der Waals surface area (Å²) in [5, 5.41) is 11.2. The molecule has 2 nitrogen and oxygen atoms in total. The highest BCUT2D eigenvalue weighted by Crippen LogP contribution is 2.46. The molecule has 1 N–H and O–H groups in total. The Morgan fingerprint density at radius 2 is 1.54 bits per heavy atom. The fourth-order valence-electron chi connectivity index (χ4n) is 4.76. The first kappa shape index (κ1) is 17.6. The molecule has 2 fully saturated rings. The summed E-state index contributed by atoms with van der Waals surface area (Å²) in [6, 6.07) is 11.5. The van der Waals surface area contributed by atoms with E-state index in [0.717, 1.165) is 25.8 Å². The highest BCUT2D eigenvalue weighted by atomic mass is 19.1. The molecular weight excluding hydrogens is 339 g/mol. The van der Waals surface area contributed by atoms with Crippen molar-refractivity contribution < 1.29 is 18.3 Å². The van der Waals surface area contributed by atoms with Gasteiger partial charge in [-0.25, -0.2) is 13.2 Å². The van der Waals surface area contributed by atoms with Gasteiger partial charge in [-0.3, -0.25) is 4.90 Å². The van der Waals surface area contributed by atoms with Crippen molar-refractivity contribution >= 4 is 0 Å². The van der Waals surface area contributed by atoms with E-state index in [1.807, 2.05) is 18.2 Å². The molecule has 26 heavy (non-hydrogen) atoms. The van der Waals surface area contributed by atoms with Crippen LogP contribution in [0.25, 0.3) is 0 Å². The highest BCUT2D eigenvalue weighted by Gasteiger charge is 2.48. The van der Waals surface area contributed by atoms with Gasteiger partial charge >= 0.3 is 0 Å². The average molecular weight is 361 g/mol. The number of hydrogen-bond donors (Lipinski definition) is 1. The lowest BCUT2D eigenvalue weighted by molar-refractivity contribution is -0.103.